The van der Waals surface area contributed by atoms with Crippen molar-refractivity contribution >= 4 is 5.69 Å². The molecule has 0 spiro atoms. The Labute approximate surface area is 125 Å². The van der Waals surface area contributed by atoms with Crippen molar-refractivity contribution in [2.24, 2.45) is 0 Å². The molecule has 1 aliphatic heterocycles. The van der Waals surface area contributed by atoms with E-state index < -0.39 is 0 Å². The number of hydrogen-bond donors (Lipinski definition) is 2. The number of ether oxygens (including phenoxy) is 1. The zero-order chi connectivity index (χ0) is 14.8. The molecule has 0 saturated heterocycles. The van der Waals surface area contributed by atoms with Crippen molar-refractivity contribution in [2.75, 3.05) is 26.0 Å². The van der Waals surface area contributed by atoms with Gasteiger partial charge in [0, 0.05) is 23.9 Å². The van der Waals surface area contributed by atoms with Gasteiger partial charge in [-0.2, -0.15) is 0 Å². The highest BCUT2D eigenvalue weighted by atomic mass is 16.5. The van der Waals surface area contributed by atoms with Crippen LogP contribution in [0.4, 0.5) is 5.69 Å². The second-order valence-corrected chi connectivity index (χ2v) is 5.66. The molecule has 0 fully saturated rings. The molecule has 4 heteroatoms. The third-order valence-corrected chi connectivity index (χ3v) is 3.57. The van der Waals surface area contributed by atoms with Gasteiger partial charge in [-0.05, 0) is 43.9 Å². The van der Waals surface area contributed by atoms with Gasteiger partial charge in [-0.15, -0.1) is 0 Å². The standard InChI is InChI=1S/C17H20N2O2/c1-19(2)10-12-3-5-13(6-4-12)18-16-11-21-17-9-14(20)7-8-15(16)17/h3-9,16,18,20H,10-11H2,1-2H3. The van der Waals surface area contributed by atoms with E-state index in [1.807, 2.05) is 6.07 Å². The van der Waals surface area contributed by atoms with Gasteiger partial charge in [0.05, 0.1) is 6.04 Å². The summed E-state index contributed by atoms with van der Waals surface area (Å²) in [7, 11) is 4.13. The number of benzene rings is 2. The minimum absolute atomic E-state index is 0.125. The van der Waals surface area contributed by atoms with Crippen molar-refractivity contribution in [3.8, 4) is 11.5 Å². The number of phenolic OH excluding ortho intramolecular Hbond substituents is 1. The molecule has 1 heterocycles. The van der Waals surface area contributed by atoms with E-state index in [1.165, 1.54) is 5.56 Å². The Morgan fingerprint density at radius 3 is 2.67 bits per heavy atom. The average molecular weight is 284 g/mol. The summed E-state index contributed by atoms with van der Waals surface area (Å²) in [5.41, 5.74) is 3.45. The first-order chi connectivity index (χ1) is 10.1. The predicted octanol–water partition coefficient (Wildman–Crippen LogP) is 3.00. The van der Waals surface area contributed by atoms with Gasteiger partial charge in [0.2, 0.25) is 0 Å². The maximum absolute atomic E-state index is 9.47. The lowest BCUT2D eigenvalue weighted by Gasteiger charge is -2.14. The van der Waals surface area contributed by atoms with E-state index in [-0.39, 0.29) is 11.8 Å². The van der Waals surface area contributed by atoms with Crippen LogP contribution in [0.25, 0.3) is 0 Å². The van der Waals surface area contributed by atoms with E-state index in [2.05, 4.69) is 48.6 Å². The van der Waals surface area contributed by atoms with E-state index in [0.29, 0.717) is 6.61 Å². The molecular formula is C17H20N2O2. The Morgan fingerprint density at radius 1 is 1.19 bits per heavy atom. The maximum atomic E-state index is 9.47. The molecule has 1 aliphatic rings. The molecule has 21 heavy (non-hydrogen) atoms. The fourth-order valence-electron chi connectivity index (χ4n) is 2.59. The van der Waals surface area contributed by atoms with Crippen molar-refractivity contribution in [3.63, 3.8) is 0 Å². The minimum atomic E-state index is 0.125. The van der Waals surface area contributed by atoms with Gasteiger partial charge in [-0.25, -0.2) is 0 Å². The molecule has 3 rings (SSSR count). The summed E-state index contributed by atoms with van der Waals surface area (Å²) < 4.78 is 5.61. The second kappa shape index (κ2) is 5.66. The third kappa shape index (κ3) is 3.11. The smallest absolute Gasteiger partial charge is 0.128 e. The molecule has 0 saturated carbocycles. The molecule has 1 unspecified atom stereocenters. The lowest BCUT2D eigenvalue weighted by atomic mass is 10.1. The van der Waals surface area contributed by atoms with Gasteiger partial charge in [-0.3, -0.25) is 0 Å². The van der Waals surface area contributed by atoms with Gasteiger partial charge >= 0.3 is 0 Å². The van der Waals surface area contributed by atoms with E-state index in [9.17, 15) is 5.11 Å². The Hall–Kier alpha value is -2.20. The van der Waals surface area contributed by atoms with Crippen LogP contribution < -0.4 is 10.1 Å². The fraction of sp³-hybridized carbons (Fsp3) is 0.294. The molecule has 0 aromatic heterocycles. The first kappa shape index (κ1) is 13.8. The largest absolute Gasteiger partial charge is 0.508 e. The number of anilines is 1. The molecule has 1 atom stereocenters. The van der Waals surface area contributed by atoms with Gasteiger partial charge < -0.3 is 20.1 Å². The monoisotopic (exact) mass is 284 g/mol. The highest BCUT2D eigenvalue weighted by molar-refractivity contribution is 5.52. The van der Waals surface area contributed by atoms with Gasteiger partial charge in [0.25, 0.3) is 0 Å². The third-order valence-electron chi connectivity index (χ3n) is 3.57. The molecule has 0 aliphatic carbocycles. The zero-order valence-corrected chi connectivity index (χ0v) is 12.3. The highest BCUT2D eigenvalue weighted by Crippen LogP contribution is 2.36. The lowest BCUT2D eigenvalue weighted by molar-refractivity contribution is 0.338. The Bertz CT molecular complexity index is 623. The molecule has 2 aromatic carbocycles. The number of aromatic hydroxyl groups is 1. The molecule has 110 valence electrons. The molecule has 0 bridgehead atoms. The SMILES string of the molecule is CN(C)Cc1ccc(NC2COc3cc(O)ccc32)cc1. The molecule has 0 amide bonds. The van der Waals surface area contributed by atoms with Crippen LogP contribution in [0.15, 0.2) is 42.5 Å². The second-order valence-electron chi connectivity index (χ2n) is 5.66. The van der Waals surface area contributed by atoms with Gasteiger partial charge in [0.15, 0.2) is 0 Å². The number of fused-ring (bicyclic) bond motifs is 1. The summed E-state index contributed by atoms with van der Waals surface area (Å²) in [6, 6.07) is 13.9. The van der Waals surface area contributed by atoms with Crippen molar-refractivity contribution in [1.82, 2.24) is 4.90 Å². The molecule has 2 aromatic rings. The topological polar surface area (TPSA) is 44.7 Å². The van der Waals surface area contributed by atoms with E-state index >= 15 is 0 Å². The summed E-state index contributed by atoms with van der Waals surface area (Å²) in [6.07, 6.45) is 0. The first-order valence-corrected chi connectivity index (χ1v) is 7.08. The predicted molar refractivity (Wildman–Crippen MR) is 83.8 cm³/mol. The zero-order valence-electron chi connectivity index (χ0n) is 12.3. The Balaban J connectivity index is 1.71. The Morgan fingerprint density at radius 2 is 1.95 bits per heavy atom. The number of rotatable bonds is 4. The first-order valence-electron chi connectivity index (χ1n) is 7.08. The minimum Gasteiger partial charge on any atom is -0.508 e. The van der Waals surface area contributed by atoms with Gasteiger partial charge in [-0.1, -0.05) is 12.1 Å². The summed E-state index contributed by atoms with van der Waals surface area (Å²) in [5, 5.41) is 12.9. The lowest BCUT2D eigenvalue weighted by Crippen LogP contribution is -2.12. The van der Waals surface area contributed by atoms with Crippen LogP contribution in [-0.2, 0) is 6.54 Å². The van der Waals surface area contributed by atoms with Crippen LogP contribution in [0.5, 0.6) is 11.5 Å². The van der Waals surface area contributed by atoms with Crippen LogP contribution in [0.2, 0.25) is 0 Å². The number of hydrogen-bond acceptors (Lipinski definition) is 4. The molecule has 2 N–H and O–H groups in total. The van der Waals surface area contributed by atoms with Crippen LogP contribution in [-0.4, -0.2) is 30.7 Å². The van der Waals surface area contributed by atoms with E-state index in [1.54, 1.807) is 12.1 Å². The summed E-state index contributed by atoms with van der Waals surface area (Å²) in [4.78, 5) is 2.15. The number of phenols is 1. The molecule has 4 nitrogen and oxygen atoms in total. The quantitative estimate of drug-likeness (QED) is 0.906. The van der Waals surface area contributed by atoms with Crippen molar-refractivity contribution in [1.29, 1.82) is 0 Å². The van der Waals surface area contributed by atoms with Crippen molar-refractivity contribution in [2.45, 2.75) is 12.6 Å². The highest BCUT2D eigenvalue weighted by Gasteiger charge is 2.24. The number of nitrogens with zero attached hydrogens (tertiary/aromatic N) is 1. The van der Waals surface area contributed by atoms with Crippen LogP contribution in [0, 0.1) is 0 Å². The van der Waals surface area contributed by atoms with Crippen molar-refractivity contribution < 1.29 is 9.84 Å². The van der Waals surface area contributed by atoms with Crippen LogP contribution >= 0.6 is 0 Å². The van der Waals surface area contributed by atoms with E-state index in [4.69, 9.17) is 4.74 Å². The summed E-state index contributed by atoms with van der Waals surface area (Å²) in [5.74, 6) is 0.999. The van der Waals surface area contributed by atoms with Crippen LogP contribution in [0.3, 0.4) is 0 Å². The summed E-state index contributed by atoms with van der Waals surface area (Å²) in [6.45, 7) is 1.52. The van der Waals surface area contributed by atoms with E-state index in [0.717, 1.165) is 23.5 Å². The maximum Gasteiger partial charge on any atom is 0.128 e. The van der Waals surface area contributed by atoms with Crippen molar-refractivity contribution in [3.05, 3.63) is 53.6 Å². The average Bonchev–Trinajstić information content (AvgIpc) is 2.83. The summed E-state index contributed by atoms with van der Waals surface area (Å²) >= 11 is 0. The molecule has 0 radical (unpaired) electrons. The normalized spacial score (nSPS) is 16.6. The van der Waals surface area contributed by atoms with Gasteiger partial charge in [0.1, 0.15) is 18.1 Å². The van der Waals surface area contributed by atoms with Crippen LogP contribution in [0.1, 0.15) is 17.2 Å². The number of nitrogens with one attached hydrogen (secondary N) is 1. The Kier molecular flexibility index (Phi) is 3.71. The fourth-order valence-corrected chi connectivity index (χ4v) is 2.59. The molecular weight excluding hydrogens is 264 g/mol.